The summed E-state index contributed by atoms with van der Waals surface area (Å²) in [7, 11) is 0. The van der Waals surface area contributed by atoms with E-state index in [9.17, 15) is 24.0 Å². The maximum absolute atomic E-state index is 13.1. The Hall–Kier alpha value is -3.92. The Labute approximate surface area is 180 Å². The van der Waals surface area contributed by atoms with Crippen LogP contribution in [-0.2, 0) is 19.2 Å². The fraction of sp³-hybridized carbons (Fsp3) is 0.0952. The zero-order chi connectivity index (χ0) is 22.3. The van der Waals surface area contributed by atoms with Crippen LogP contribution in [0.1, 0.15) is 12.5 Å². The lowest BCUT2D eigenvalue weighted by molar-refractivity contribution is -0.136. The molecular weight excluding hydrogens is 422 g/mol. The monoisotopic (exact) mass is 437 g/mol. The number of benzene rings is 2. The highest BCUT2D eigenvalue weighted by molar-refractivity contribution is 8.19. The van der Waals surface area contributed by atoms with Crippen molar-refractivity contribution in [3.63, 3.8) is 0 Å². The van der Waals surface area contributed by atoms with E-state index in [0.29, 0.717) is 28.7 Å². The highest BCUT2D eigenvalue weighted by Crippen LogP contribution is 2.45. The van der Waals surface area contributed by atoms with Crippen molar-refractivity contribution in [1.82, 2.24) is 0 Å². The molecule has 0 aromatic heterocycles. The number of carbonyl (C=O) groups is 5. The number of carbonyl (C=O) groups excluding carboxylic acids is 4. The number of anilines is 3. The van der Waals surface area contributed by atoms with Gasteiger partial charge in [-0.1, -0.05) is 18.2 Å². The van der Waals surface area contributed by atoms with E-state index in [-0.39, 0.29) is 22.1 Å². The van der Waals surface area contributed by atoms with Gasteiger partial charge in [0, 0.05) is 18.2 Å². The molecule has 2 aromatic carbocycles. The van der Waals surface area contributed by atoms with Crippen molar-refractivity contribution in [3.8, 4) is 0 Å². The Kier molecular flexibility index (Phi) is 5.07. The molecule has 0 radical (unpaired) electrons. The number of carboxylic acids is 1. The normalized spacial score (nSPS) is 17.9. The van der Waals surface area contributed by atoms with E-state index in [2.05, 4.69) is 5.32 Å². The molecule has 0 unspecified atom stereocenters. The van der Waals surface area contributed by atoms with Crippen LogP contribution in [0.4, 0.5) is 21.9 Å². The summed E-state index contributed by atoms with van der Waals surface area (Å²) in [5.74, 6) is -2.77. The molecule has 0 saturated carbocycles. The second-order valence-corrected chi connectivity index (χ2v) is 7.70. The fourth-order valence-corrected chi connectivity index (χ4v) is 4.36. The third kappa shape index (κ3) is 3.57. The van der Waals surface area contributed by atoms with Crippen molar-refractivity contribution in [2.75, 3.05) is 21.7 Å². The van der Waals surface area contributed by atoms with Gasteiger partial charge in [0.2, 0.25) is 5.91 Å². The van der Waals surface area contributed by atoms with E-state index in [1.165, 1.54) is 19.1 Å². The average molecular weight is 437 g/mol. The predicted octanol–water partition coefficient (Wildman–Crippen LogP) is 2.69. The van der Waals surface area contributed by atoms with E-state index >= 15 is 0 Å². The number of imide groups is 1. The maximum Gasteiger partial charge on any atom is 0.323 e. The van der Waals surface area contributed by atoms with Crippen LogP contribution in [0.15, 0.2) is 53.4 Å². The summed E-state index contributed by atoms with van der Waals surface area (Å²) in [5, 5.41) is 11.2. The van der Waals surface area contributed by atoms with Crippen molar-refractivity contribution in [2.45, 2.75) is 6.92 Å². The van der Waals surface area contributed by atoms with Crippen LogP contribution in [0.3, 0.4) is 0 Å². The average Bonchev–Trinajstić information content (AvgIpc) is 3.15. The van der Waals surface area contributed by atoms with Crippen LogP contribution in [0.5, 0.6) is 0 Å². The number of aliphatic carboxylic acids is 1. The summed E-state index contributed by atoms with van der Waals surface area (Å²) in [4.78, 5) is 63.1. The first-order valence-corrected chi connectivity index (χ1v) is 9.91. The smallest absolute Gasteiger partial charge is 0.323 e. The molecule has 2 aliphatic heterocycles. The predicted molar refractivity (Wildman–Crippen MR) is 115 cm³/mol. The number of thioether (sulfide) groups is 1. The molecule has 31 heavy (non-hydrogen) atoms. The largest absolute Gasteiger partial charge is 0.480 e. The SMILES string of the molecule is CC(=O)Nc1ccc(N2C(=O)S/C(=C3\C(=O)N(CC(=O)O)c4ccccc43)C2=O)cc1. The Morgan fingerprint density at radius 2 is 1.68 bits per heavy atom. The van der Waals surface area contributed by atoms with Crippen LogP contribution >= 0.6 is 11.8 Å². The molecule has 1 saturated heterocycles. The molecular formula is C21H15N3O6S. The molecule has 2 aromatic rings. The quantitative estimate of drug-likeness (QED) is 0.705. The molecule has 4 rings (SSSR count). The molecule has 0 atom stereocenters. The third-order valence-electron chi connectivity index (χ3n) is 4.66. The van der Waals surface area contributed by atoms with E-state index in [4.69, 9.17) is 5.11 Å². The molecule has 10 heteroatoms. The molecule has 2 N–H and O–H groups in total. The summed E-state index contributed by atoms with van der Waals surface area (Å²) in [6.45, 7) is 0.800. The fourth-order valence-electron chi connectivity index (χ4n) is 3.43. The van der Waals surface area contributed by atoms with Gasteiger partial charge in [0.15, 0.2) is 0 Å². The van der Waals surface area contributed by atoms with Gasteiger partial charge in [0.1, 0.15) is 6.54 Å². The first kappa shape index (κ1) is 20.4. The number of para-hydroxylation sites is 1. The van der Waals surface area contributed by atoms with Crippen molar-refractivity contribution in [3.05, 3.63) is 59.0 Å². The van der Waals surface area contributed by atoms with Crippen LogP contribution in [-0.4, -0.2) is 40.6 Å². The lowest BCUT2D eigenvalue weighted by Crippen LogP contribution is -2.32. The van der Waals surface area contributed by atoms with Crippen LogP contribution in [0, 0.1) is 0 Å². The van der Waals surface area contributed by atoms with Gasteiger partial charge in [0.25, 0.3) is 17.1 Å². The van der Waals surface area contributed by atoms with E-state index in [1.54, 1.807) is 36.4 Å². The number of rotatable bonds is 4. The lowest BCUT2D eigenvalue weighted by atomic mass is 10.1. The standard InChI is InChI=1S/C21H15N3O6S/c1-11(25)22-12-6-8-13(9-7-12)24-20(29)18(31-21(24)30)17-14-4-2-3-5-15(14)23(19(17)28)10-16(26)27/h2-9H,10H2,1H3,(H,22,25)(H,26,27)/b18-17-. The number of hydrogen-bond acceptors (Lipinski definition) is 6. The number of hydrogen-bond donors (Lipinski definition) is 2. The maximum atomic E-state index is 13.1. The Bertz CT molecular complexity index is 1190. The molecule has 156 valence electrons. The molecule has 9 nitrogen and oxygen atoms in total. The molecule has 1 fully saturated rings. The van der Waals surface area contributed by atoms with E-state index in [1.807, 2.05) is 0 Å². The van der Waals surface area contributed by atoms with Gasteiger partial charge in [0.05, 0.1) is 21.9 Å². The minimum atomic E-state index is -1.20. The minimum absolute atomic E-state index is 0.0116. The van der Waals surface area contributed by atoms with E-state index in [0.717, 1.165) is 9.80 Å². The Morgan fingerprint density at radius 1 is 1.00 bits per heavy atom. The van der Waals surface area contributed by atoms with Gasteiger partial charge >= 0.3 is 5.97 Å². The van der Waals surface area contributed by atoms with Gasteiger partial charge in [-0.25, -0.2) is 4.90 Å². The highest BCUT2D eigenvalue weighted by atomic mass is 32.2. The van der Waals surface area contributed by atoms with Gasteiger partial charge in [-0.05, 0) is 42.1 Å². The number of fused-ring (bicyclic) bond motifs is 1. The summed E-state index contributed by atoms with van der Waals surface area (Å²) in [6.07, 6.45) is 0. The second-order valence-electron chi connectivity index (χ2n) is 6.74. The summed E-state index contributed by atoms with van der Waals surface area (Å²) >= 11 is 0.629. The number of nitrogens with zero attached hydrogens (tertiary/aromatic N) is 2. The molecule has 0 bridgehead atoms. The van der Waals surface area contributed by atoms with Crippen LogP contribution in [0.25, 0.3) is 5.57 Å². The lowest BCUT2D eigenvalue weighted by Gasteiger charge is -2.14. The van der Waals surface area contributed by atoms with Crippen molar-refractivity contribution in [2.24, 2.45) is 0 Å². The first-order valence-electron chi connectivity index (χ1n) is 9.09. The van der Waals surface area contributed by atoms with Crippen LogP contribution < -0.4 is 15.1 Å². The van der Waals surface area contributed by atoms with Gasteiger partial charge in [-0.3, -0.25) is 28.9 Å². The highest BCUT2D eigenvalue weighted by Gasteiger charge is 2.44. The van der Waals surface area contributed by atoms with Gasteiger partial charge < -0.3 is 10.4 Å². The minimum Gasteiger partial charge on any atom is -0.480 e. The second kappa shape index (κ2) is 7.73. The summed E-state index contributed by atoms with van der Waals surface area (Å²) in [6, 6.07) is 12.7. The molecule has 2 aliphatic rings. The number of nitrogens with one attached hydrogen (secondary N) is 1. The van der Waals surface area contributed by atoms with Crippen molar-refractivity contribution < 1.29 is 29.1 Å². The Morgan fingerprint density at radius 3 is 2.32 bits per heavy atom. The summed E-state index contributed by atoms with van der Waals surface area (Å²) < 4.78 is 0. The topological polar surface area (TPSA) is 124 Å². The van der Waals surface area contributed by atoms with E-state index < -0.39 is 29.6 Å². The number of carboxylic acid groups (broad SMARTS) is 1. The zero-order valence-electron chi connectivity index (χ0n) is 16.1. The van der Waals surface area contributed by atoms with Gasteiger partial charge in [-0.15, -0.1) is 0 Å². The summed E-state index contributed by atoms with van der Waals surface area (Å²) in [5.41, 5.74) is 1.58. The van der Waals surface area contributed by atoms with Crippen molar-refractivity contribution in [1.29, 1.82) is 0 Å². The molecule has 0 aliphatic carbocycles. The zero-order valence-corrected chi connectivity index (χ0v) is 16.9. The molecule has 2 heterocycles. The Balaban J connectivity index is 1.73. The first-order chi connectivity index (χ1) is 14.8. The van der Waals surface area contributed by atoms with Crippen molar-refractivity contribution >= 4 is 63.3 Å². The van der Waals surface area contributed by atoms with Gasteiger partial charge in [-0.2, -0.15) is 0 Å². The molecule has 4 amide bonds. The third-order valence-corrected chi connectivity index (χ3v) is 5.60. The number of amides is 4. The molecule has 0 spiro atoms. The van der Waals surface area contributed by atoms with Crippen LogP contribution in [0.2, 0.25) is 0 Å².